The third-order valence-electron chi connectivity index (χ3n) is 2.86. The molecule has 2 atom stereocenters. The third kappa shape index (κ3) is 2.17. The first-order valence-corrected chi connectivity index (χ1v) is 5.06. The SMILES string of the molecule is C/C(=N\Cl)C1c2ccccc2CC1N.Cl. The Labute approximate surface area is 101 Å². The molecule has 0 radical (unpaired) electrons. The lowest BCUT2D eigenvalue weighted by Gasteiger charge is -2.15. The van der Waals surface area contributed by atoms with E-state index in [-0.39, 0.29) is 24.4 Å². The lowest BCUT2D eigenvalue weighted by atomic mass is 9.94. The molecule has 82 valence electrons. The second-order valence-electron chi connectivity index (χ2n) is 3.77. The van der Waals surface area contributed by atoms with E-state index in [1.165, 1.54) is 11.1 Å². The number of benzene rings is 1. The van der Waals surface area contributed by atoms with Crippen LogP contribution >= 0.6 is 24.2 Å². The molecule has 0 heterocycles. The van der Waals surface area contributed by atoms with Gasteiger partial charge in [0.1, 0.15) is 0 Å². The molecule has 0 bridgehead atoms. The molecule has 4 heteroatoms. The molecule has 2 N–H and O–H groups in total. The topological polar surface area (TPSA) is 38.4 Å². The van der Waals surface area contributed by atoms with Gasteiger partial charge in [-0.25, -0.2) is 0 Å². The molecule has 2 rings (SSSR count). The van der Waals surface area contributed by atoms with Gasteiger partial charge in [-0.2, -0.15) is 4.51 Å². The molecule has 0 amide bonds. The van der Waals surface area contributed by atoms with Crippen molar-refractivity contribution in [3.63, 3.8) is 0 Å². The fraction of sp³-hybridized carbons (Fsp3) is 0.364. The standard InChI is InChI=1S/C11H13ClN2.ClH/c1-7(14-12)11-9-5-3-2-4-8(9)6-10(11)13;/h2-5,10-11H,6,13H2,1H3;1H/b14-7+;. The predicted molar refractivity (Wildman–Crippen MR) is 67.1 cm³/mol. The Kier molecular flexibility index (Phi) is 4.14. The summed E-state index contributed by atoms with van der Waals surface area (Å²) in [6.45, 7) is 1.93. The van der Waals surface area contributed by atoms with Gasteiger partial charge < -0.3 is 5.73 Å². The van der Waals surface area contributed by atoms with Crippen LogP contribution < -0.4 is 5.73 Å². The molecule has 0 saturated carbocycles. The number of nitrogens with zero attached hydrogens (tertiary/aromatic N) is 1. The molecule has 1 aromatic carbocycles. The van der Waals surface area contributed by atoms with Crippen molar-refractivity contribution in [2.75, 3.05) is 0 Å². The Bertz CT molecular complexity index is 377. The Morgan fingerprint density at radius 1 is 1.47 bits per heavy atom. The summed E-state index contributed by atoms with van der Waals surface area (Å²) in [5.41, 5.74) is 9.58. The first kappa shape index (κ1) is 12.5. The van der Waals surface area contributed by atoms with Gasteiger partial charge in [0.2, 0.25) is 0 Å². The zero-order chi connectivity index (χ0) is 10.1. The summed E-state index contributed by atoms with van der Waals surface area (Å²) in [7, 11) is 0. The van der Waals surface area contributed by atoms with Crippen LogP contribution in [0.1, 0.15) is 24.0 Å². The predicted octanol–water partition coefficient (Wildman–Crippen LogP) is 2.69. The van der Waals surface area contributed by atoms with E-state index in [1.54, 1.807) is 0 Å². The van der Waals surface area contributed by atoms with Gasteiger partial charge in [0.15, 0.2) is 0 Å². The van der Waals surface area contributed by atoms with E-state index in [9.17, 15) is 0 Å². The van der Waals surface area contributed by atoms with Gasteiger partial charge in [0.05, 0.1) is 0 Å². The fourth-order valence-electron chi connectivity index (χ4n) is 2.21. The lowest BCUT2D eigenvalue weighted by molar-refractivity contribution is 0.680. The Morgan fingerprint density at radius 3 is 2.80 bits per heavy atom. The van der Waals surface area contributed by atoms with Crippen molar-refractivity contribution in [1.29, 1.82) is 0 Å². The Balaban J connectivity index is 0.00000112. The highest BCUT2D eigenvalue weighted by atomic mass is 35.5. The molecule has 0 spiro atoms. The minimum atomic E-state index is 0. The first-order valence-electron chi connectivity index (χ1n) is 4.73. The largest absolute Gasteiger partial charge is 0.326 e. The van der Waals surface area contributed by atoms with E-state index in [0.717, 1.165) is 12.1 Å². The van der Waals surface area contributed by atoms with Crippen LogP contribution in [0, 0.1) is 0 Å². The smallest absolute Gasteiger partial charge is 0.0389 e. The summed E-state index contributed by atoms with van der Waals surface area (Å²) >= 11 is 5.50. The maximum atomic E-state index is 6.07. The van der Waals surface area contributed by atoms with Crippen molar-refractivity contribution in [3.8, 4) is 0 Å². The van der Waals surface area contributed by atoms with Crippen LogP contribution in [-0.4, -0.2) is 11.8 Å². The van der Waals surface area contributed by atoms with Gasteiger partial charge in [-0.15, -0.1) is 12.4 Å². The quantitative estimate of drug-likeness (QED) is 0.759. The fourth-order valence-corrected chi connectivity index (χ4v) is 2.32. The minimum Gasteiger partial charge on any atom is -0.326 e. The Morgan fingerprint density at radius 2 is 2.13 bits per heavy atom. The molecule has 0 aromatic heterocycles. The van der Waals surface area contributed by atoms with Crippen LogP contribution in [0.5, 0.6) is 0 Å². The van der Waals surface area contributed by atoms with Crippen LogP contribution in [0.15, 0.2) is 28.8 Å². The summed E-state index contributed by atoms with van der Waals surface area (Å²) in [6.07, 6.45) is 0.921. The highest BCUT2D eigenvalue weighted by Gasteiger charge is 2.31. The molecule has 0 saturated heterocycles. The van der Waals surface area contributed by atoms with E-state index in [4.69, 9.17) is 17.5 Å². The first-order chi connectivity index (χ1) is 6.74. The van der Waals surface area contributed by atoms with Crippen molar-refractivity contribution in [1.82, 2.24) is 0 Å². The highest BCUT2D eigenvalue weighted by molar-refractivity contribution is 6.20. The zero-order valence-electron chi connectivity index (χ0n) is 8.48. The average molecular weight is 245 g/mol. The van der Waals surface area contributed by atoms with E-state index in [2.05, 4.69) is 16.6 Å². The van der Waals surface area contributed by atoms with Gasteiger partial charge in [-0.3, -0.25) is 0 Å². The molecule has 1 aromatic rings. The van der Waals surface area contributed by atoms with E-state index in [0.29, 0.717) is 0 Å². The molecule has 15 heavy (non-hydrogen) atoms. The highest BCUT2D eigenvalue weighted by Crippen LogP contribution is 2.33. The maximum Gasteiger partial charge on any atom is 0.0389 e. The lowest BCUT2D eigenvalue weighted by Crippen LogP contribution is -2.29. The van der Waals surface area contributed by atoms with Crippen molar-refractivity contribution >= 4 is 29.9 Å². The zero-order valence-corrected chi connectivity index (χ0v) is 10.1. The summed E-state index contributed by atoms with van der Waals surface area (Å²) < 4.78 is 3.73. The van der Waals surface area contributed by atoms with Crippen molar-refractivity contribution < 1.29 is 0 Å². The monoisotopic (exact) mass is 244 g/mol. The summed E-state index contributed by atoms with van der Waals surface area (Å²) in [6, 6.07) is 8.43. The molecule has 1 aliphatic rings. The van der Waals surface area contributed by atoms with Gasteiger partial charge in [-0.05, 0) is 24.5 Å². The number of hydrogen-bond donors (Lipinski definition) is 1. The van der Waals surface area contributed by atoms with Gasteiger partial charge in [0, 0.05) is 29.4 Å². The van der Waals surface area contributed by atoms with Crippen LogP contribution in [-0.2, 0) is 6.42 Å². The van der Waals surface area contributed by atoms with E-state index in [1.807, 2.05) is 19.1 Å². The molecule has 0 aliphatic heterocycles. The summed E-state index contributed by atoms with van der Waals surface area (Å²) in [4.78, 5) is 0. The van der Waals surface area contributed by atoms with Gasteiger partial charge >= 0.3 is 0 Å². The van der Waals surface area contributed by atoms with Gasteiger partial charge in [0.25, 0.3) is 0 Å². The van der Waals surface area contributed by atoms with Gasteiger partial charge in [-0.1, -0.05) is 24.3 Å². The molecular weight excluding hydrogens is 231 g/mol. The number of rotatable bonds is 1. The van der Waals surface area contributed by atoms with E-state index < -0.39 is 0 Å². The number of nitrogens with two attached hydrogens (primary N) is 1. The molecule has 2 unspecified atom stereocenters. The third-order valence-corrected chi connectivity index (χ3v) is 3.12. The number of hydrogen-bond acceptors (Lipinski definition) is 2. The molecule has 0 fully saturated rings. The number of halogens is 2. The van der Waals surface area contributed by atoms with Crippen molar-refractivity contribution in [2.45, 2.75) is 25.3 Å². The van der Waals surface area contributed by atoms with Crippen molar-refractivity contribution in [2.24, 2.45) is 10.2 Å². The van der Waals surface area contributed by atoms with Crippen molar-refractivity contribution in [3.05, 3.63) is 35.4 Å². The van der Waals surface area contributed by atoms with Crippen LogP contribution in [0.25, 0.3) is 0 Å². The van der Waals surface area contributed by atoms with E-state index >= 15 is 0 Å². The number of fused-ring (bicyclic) bond motifs is 1. The second-order valence-corrected chi connectivity index (χ2v) is 3.94. The summed E-state index contributed by atoms with van der Waals surface area (Å²) in [5, 5.41) is 0. The second kappa shape index (κ2) is 4.97. The molecule has 1 aliphatic carbocycles. The normalized spacial score (nSPS) is 24.6. The maximum absolute atomic E-state index is 6.07. The minimum absolute atomic E-state index is 0. The summed E-state index contributed by atoms with van der Waals surface area (Å²) in [5.74, 6) is 0.198. The van der Waals surface area contributed by atoms with Crippen LogP contribution in [0.3, 0.4) is 0 Å². The Hall–Kier alpha value is -0.570. The van der Waals surface area contributed by atoms with Crippen LogP contribution in [0.2, 0.25) is 0 Å². The molecule has 2 nitrogen and oxygen atoms in total. The van der Waals surface area contributed by atoms with Crippen LogP contribution in [0.4, 0.5) is 0 Å². The molecular formula is C11H14Cl2N2. The average Bonchev–Trinajstić information content (AvgIpc) is 2.53.